The Morgan fingerprint density at radius 2 is 1.80 bits per heavy atom. The fourth-order valence-electron chi connectivity index (χ4n) is 1.14. The van der Waals surface area contributed by atoms with E-state index in [0.29, 0.717) is 5.56 Å². The highest BCUT2D eigenvalue weighted by Crippen LogP contribution is 2.05. The fraction of sp³-hybridized carbons (Fsp3) is 0.273. The van der Waals surface area contributed by atoms with Crippen molar-refractivity contribution in [2.45, 2.75) is 6.92 Å². The van der Waals surface area contributed by atoms with Gasteiger partial charge in [0.2, 0.25) is 0 Å². The van der Waals surface area contributed by atoms with Crippen LogP contribution < -0.4 is 0 Å². The molecule has 4 nitrogen and oxygen atoms in total. The summed E-state index contributed by atoms with van der Waals surface area (Å²) in [5, 5.41) is 14.4. The van der Waals surface area contributed by atoms with Gasteiger partial charge in [-0.05, 0) is 6.92 Å². The van der Waals surface area contributed by atoms with Gasteiger partial charge in [0.1, 0.15) is 0 Å². The molecule has 0 unspecified atom stereocenters. The second-order valence-corrected chi connectivity index (χ2v) is 3.47. The molecule has 1 rings (SSSR count). The molecule has 1 aromatic rings. The van der Waals surface area contributed by atoms with E-state index in [9.17, 15) is 4.79 Å². The van der Waals surface area contributed by atoms with Crippen LogP contribution in [0.15, 0.2) is 29.4 Å². The third-order valence-electron chi connectivity index (χ3n) is 1.83. The van der Waals surface area contributed by atoms with E-state index in [-0.39, 0.29) is 5.71 Å². The topological polar surface area (TPSA) is 52.9 Å². The van der Waals surface area contributed by atoms with Crippen LogP contribution in [0.3, 0.4) is 0 Å². The summed E-state index contributed by atoms with van der Waals surface area (Å²) < 4.78 is 0. The molecule has 0 amide bonds. The van der Waals surface area contributed by atoms with Crippen LogP contribution in [0.1, 0.15) is 11.1 Å². The first kappa shape index (κ1) is 11.2. The standard InChI is InChI=1S/C11H14N2O2/c1-8-4-6-9(7-5-8)10(11(14)15)12-13(2)3/h4-7H,1-3H3,(H,14,15)/b12-10+. The van der Waals surface area contributed by atoms with E-state index in [2.05, 4.69) is 5.10 Å². The molecule has 0 heterocycles. The monoisotopic (exact) mass is 206 g/mol. The number of carboxylic acids is 1. The lowest BCUT2D eigenvalue weighted by molar-refractivity contribution is -0.129. The first-order valence-corrected chi connectivity index (χ1v) is 4.57. The molecule has 0 aliphatic rings. The van der Waals surface area contributed by atoms with E-state index < -0.39 is 5.97 Å². The van der Waals surface area contributed by atoms with Crippen molar-refractivity contribution in [3.63, 3.8) is 0 Å². The van der Waals surface area contributed by atoms with Crippen LogP contribution in [0.4, 0.5) is 0 Å². The molecule has 0 aliphatic heterocycles. The van der Waals surface area contributed by atoms with E-state index in [1.54, 1.807) is 26.2 Å². The summed E-state index contributed by atoms with van der Waals surface area (Å²) in [6.07, 6.45) is 0. The molecule has 0 atom stereocenters. The van der Waals surface area contributed by atoms with Gasteiger partial charge in [-0.15, -0.1) is 0 Å². The molecule has 0 aliphatic carbocycles. The molecule has 0 fully saturated rings. The van der Waals surface area contributed by atoms with Crippen molar-refractivity contribution in [3.05, 3.63) is 35.4 Å². The predicted molar refractivity (Wildman–Crippen MR) is 59.0 cm³/mol. The highest BCUT2D eigenvalue weighted by atomic mass is 16.4. The van der Waals surface area contributed by atoms with Crippen molar-refractivity contribution in [1.29, 1.82) is 0 Å². The number of benzene rings is 1. The third kappa shape index (κ3) is 3.09. The van der Waals surface area contributed by atoms with Crippen molar-refractivity contribution in [1.82, 2.24) is 5.01 Å². The Hall–Kier alpha value is -1.84. The van der Waals surface area contributed by atoms with E-state index in [0.717, 1.165) is 5.56 Å². The molecule has 1 N–H and O–H groups in total. The summed E-state index contributed by atoms with van der Waals surface area (Å²) in [7, 11) is 3.38. The highest BCUT2D eigenvalue weighted by molar-refractivity contribution is 6.42. The predicted octanol–water partition coefficient (Wildman–Crippen LogP) is 1.35. The number of hydrazone groups is 1. The number of nitrogens with zero attached hydrogens (tertiary/aromatic N) is 2. The Bertz CT molecular complexity index is 380. The van der Waals surface area contributed by atoms with Crippen LogP contribution in [-0.2, 0) is 4.79 Å². The Balaban J connectivity index is 3.11. The lowest BCUT2D eigenvalue weighted by atomic mass is 10.1. The molecule has 4 heteroatoms. The van der Waals surface area contributed by atoms with Crippen molar-refractivity contribution < 1.29 is 9.90 Å². The molecule has 80 valence electrons. The average molecular weight is 206 g/mol. The summed E-state index contributed by atoms with van der Waals surface area (Å²) >= 11 is 0. The summed E-state index contributed by atoms with van der Waals surface area (Å²) in [4.78, 5) is 11.0. The smallest absolute Gasteiger partial charge is 0.356 e. The molecule has 0 saturated heterocycles. The Morgan fingerprint density at radius 3 is 2.20 bits per heavy atom. The van der Waals surface area contributed by atoms with E-state index in [1.807, 2.05) is 19.1 Å². The van der Waals surface area contributed by atoms with Crippen LogP contribution in [-0.4, -0.2) is 35.9 Å². The van der Waals surface area contributed by atoms with Crippen LogP contribution >= 0.6 is 0 Å². The molecular formula is C11H14N2O2. The summed E-state index contributed by atoms with van der Waals surface area (Å²) in [6.45, 7) is 1.95. The van der Waals surface area contributed by atoms with Crippen molar-refractivity contribution in [2.24, 2.45) is 5.10 Å². The molecule has 15 heavy (non-hydrogen) atoms. The molecule has 0 saturated carbocycles. The summed E-state index contributed by atoms with van der Waals surface area (Å²) in [6, 6.07) is 7.24. The number of hydrogen-bond acceptors (Lipinski definition) is 3. The van der Waals surface area contributed by atoms with Gasteiger partial charge in [-0.1, -0.05) is 29.8 Å². The fourth-order valence-corrected chi connectivity index (χ4v) is 1.14. The zero-order valence-electron chi connectivity index (χ0n) is 9.06. The van der Waals surface area contributed by atoms with Gasteiger partial charge in [-0.25, -0.2) is 4.79 Å². The number of hydrogen-bond donors (Lipinski definition) is 1. The van der Waals surface area contributed by atoms with Gasteiger partial charge in [0.25, 0.3) is 0 Å². The van der Waals surface area contributed by atoms with Crippen molar-refractivity contribution in [3.8, 4) is 0 Å². The Kier molecular flexibility index (Phi) is 3.44. The van der Waals surface area contributed by atoms with Gasteiger partial charge in [0.15, 0.2) is 5.71 Å². The second-order valence-electron chi connectivity index (χ2n) is 3.47. The normalized spacial score (nSPS) is 11.3. The average Bonchev–Trinajstić information content (AvgIpc) is 2.15. The maximum atomic E-state index is 11.0. The first-order chi connectivity index (χ1) is 7.00. The molecule has 0 radical (unpaired) electrons. The first-order valence-electron chi connectivity index (χ1n) is 4.57. The highest BCUT2D eigenvalue weighted by Gasteiger charge is 2.12. The number of rotatable bonds is 3. The van der Waals surface area contributed by atoms with Gasteiger partial charge >= 0.3 is 5.97 Å². The van der Waals surface area contributed by atoms with E-state index in [1.165, 1.54) is 5.01 Å². The quantitative estimate of drug-likeness (QED) is 0.600. The minimum Gasteiger partial charge on any atom is -0.476 e. The van der Waals surface area contributed by atoms with Crippen LogP contribution in [0, 0.1) is 6.92 Å². The Labute approximate surface area is 88.8 Å². The summed E-state index contributed by atoms with van der Waals surface area (Å²) in [5.74, 6) is -1.02. The molecule has 0 aromatic heterocycles. The van der Waals surface area contributed by atoms with Gasteiger partial charge < -0.3 is 10.1 Å². The zero-order chi connectivity index (χ0) is 11.4. The minimum absolute atomic E-state index is 0.0556. The second kappa shape index (κ2) is 4.59. The lowest BCUT2D eigenvalue weighted by Gasteiger charge is -2.07. The third-order valence-corrected chi connectivity index (χ3v) is 1.83. The maximum Gasteiger partial charge on any atom is 0.356 e. The van der Waals surface area contributed by atoms with E-state index in [4.69, 9.17) is 5.11 Å². The summed E-state index contributed by atoms with van der Waals surface area (Å²) in [5.41, 5.74) is 1.76. The van der Waals surface area contributed by atoms with Crippen LogP contribution in [0.5, 0.6) is 0 Å². The van der Waals surface area contributed by atoms with Gasteiger partial charge in [-0.3, -0.25) is 0 Å². The van der Waals surface area contributed by atoms with Crippen LogP contribution in [0.25, 0.3) is 0 Å². The number of aryl methyl sites for hydroxylation is 1. The largest absolute Gasteiger partial charge is 0.476 e. The number of carbonyl (C=O) groups is 1. The lowest BCUT2D eigenvalue weighted by Crippen LogP contribution is -2.19. The molecule has 1 aromatic carbocycles. The van der Waals surface area contributed by atoms with Crippen molar-refractivity contribution in [2.75, 3.05) is 14.1 Å². The molecular weight excluding hydrogens is 192 g/mol. The maximum absolute atomic E-state index is 11.0. The van der Waals surface area contributed by atoms with Gasteiger partial charge in [-0.2, -0.15) is 5.10 Å². The van der Waals surface area contributed by atoms with Gasteiger partial charge in [0.05, 0.1) is 0 Å². The number of carboxylic acid groups (broad SMARTS) is 1. The zero-order valence-corrected chi connectivity index (χ0v) is 9.06. The van der Waals surface area contributed by atoms with Crippen LogP contribution in [0.2, 0.25) is 0 Å². The minimum atomic E-state index is -1.02. The van der Waals surface area contributed by atoms with Gasteiger partial charge in [0, 0.05) is 19.7 Å². The van der Waals surface area contributed by atoms with Crippen molar-refractivity contribution >= 4 is 11.7 Å². The van der Waals surface area contributed by atoms with E-state index >= 15 is 0 Å². The SMILES string of the molecule is Cc1ccc(/C(=N\N(C)C)C(=O)O)cc1. The molecule has 0 bridgehead atoms. The Morgan fingerprint density at radius 1 is 1.27 bits per heavy atom. The number of aliphatic carboxylic acids is 1. The molecule has 0 spiro atoms.